The predicted molar refractivity (Wildman–Crippen MR) is 113 cm³/mol. The van der Waals surface area contributed by atoms with Crippen LogP contribution >= 0.6 is 11.3 Å². The van der Waals surface area contributed by atoms with Crippen LogP contribution in [0.3, 0.4) is 0 Å². The second kappa shape index (κ2) is 6.95. The molecule has 1 aromatic heterocycles. The molecule has 2 fully saturated rings. The number of thiophene rings is 1. The number of rotatable bonds is 5. The fourth-order valence-corrected chi connectivity index (χ4v) is 5.67. The quantitative estimate of drug-likeness (QED) is 0.562. The smallest absolute Gasteiger partial charge is 0.235 e. The zero-order chi connectivity index (χ0) is 20.1. The Kier molecular flexibility index (Phi) is 4.39. The fourth-order valence-electron chi connectivity index (χ4n) is 4.98. The first kappa shape index (κ1) is 18.3. The van der Waals surface area contributed by atoms with Gasteiger partial charge in [0, 0.05) is 12.2 Å². The number of hydrogen-bond acceptors (Lipinski definition) is 5. The van der Waals surface area contributed by atoms with E-state index in [0.29, 0.717) is 11.4 Å². The highest BCUT2D eigenvalue weighted by atomic mass is 32.1. The number of fused-ring (bicyclic) bond motifs is 5. The highest BCUT2D eigenvalue weighted by Gasteiger charge is 2.63. The van der Waals surface area contributed by atoms with Crippen LogP contribution in [0.25, 0.3) is 6.08 Å². The largest absolute Gasteiger partial charge is 0.352 e. The molecule has 3 aliphatic rings. The third-order valence-corrected chi connectivity index (χ3v) is 7.16. The summed E-state index contributed by atoms with van der Waals surface area (Å²) in [5.41, 5.74) is 1.93. The summed E-state index contributed by atoms with van der Waals surface area (Å²) in [5, 5.41) is 1.87. The lowest BCUT2D eigenvalue weighted by molar-refractivity contribution is -0.140. The highest BCUT2D eigenvalue weighted by Crippen LogP contribution is 2.49. The number of amides is 2. The molecule has 0 saturated carbocycles. The van der Waals surface area contributed by atoms with Crippen LogP contribution in [0, 0.1) is 11.8 Å². The van der Waals surface area contributed by atoms with Gasteiger partial charge in [0.2, 0.25) is 11.8 Å². The molecule has 2 aromatic rings. The number of hydrogen-bond donors (Lipinski definition) is 0. The van der Waals surface area contributed by atoms with Crippen molar-refractivity contribution < 1.29 is 14.4 Å². The summed E-state index contributed by atoms with van der Waals surface area (Å²) in [5.74, 6) is -1.52. The molecule has 5 nitrogen and oxygen atoms in total. The van der Waals surface area contributed by atoms with E-state index in [1.165, 1.54) is 16.2 Å². The van der Waals surface area contributed by atoms with Crippen LogP contribution in [0.1, 0.15) is 35.0 Å². The van der Waals surface area contributed by atoms with Gasteiger partial charge in [0.1, 0.15) is 6.04 Å². The van der Waals surface area contributed by atoms with Gasteiger partial charge in [-0.05, 0) is 29.5 Å². The van der Waals surface area contributed by atoms with Crippen molar-refractivity contribution in [3.8, 4) is 0 Å². The summed E-state index contributed by atoms with van der Waals surface area (Å²) in [6.45, 7) is 2.48. The number of anilines is 1. The second-order valence-electron chi connectivity index (χ2n) is 7.84. The Morgan fingerprint density at radius 3 is 2.62 bits per heavy atom. The van der Waals surface area contributed by atoms with Crippen LogP contribution in [-0.4, -0.2) is 41.1 Å². The molecule has 4 heterocycles. The molecule has 2 saturated heterocycles. The van der Waals surface area contributed by atoms with Gasteiger partial charge in [0.05, 0.1) is 22.8 Å². The van der Waals surface area contributed by atoms with Gasteiger partial charge >= 0.3 is 0 Å². The fraction of sp³-hybridized carbons (Fsp3) is 0.348. The number of likely N-dealkylation sites (tertiary alicyclic amines) is 1. The van der Waals surface area contributed by atoms with Crippen LogP contribution in [0.4, 0.5) is 5.69 Å². The molecular formula is C23H22N2O3S. The Bertz CT molecular complexity index is 1010. The van der Waals surface area contributed by atoms with E-state index in [-0.39, 0.29) is 23.6 Å². The first-order valence-corrected chi connectivity index (χ1v) is 11.0. The number of benzene rings is 1. The molecular weight excluding hydrogens is 384 g/mol. The van der Waals surface area contributed by atoms with E-state index in [1.54, 1.807) is 6.07 Å². The maximum Gasteiger partial charge on any atom is 0.235 e. The summed E-state index contributed by atoms with van der Waals surface area (Å²) >= 11 is 1.39. The van der Waals surface area contributed by atoms with Gasteiger partial charge in [-0.1, -0.05) is 49.8 Å². The minimum absolute atomic E-state index is 0.0684. The lowest BCUT2D eigenvalue weighted by atomic mass is 9.87. The van der Waals surface area contributed by atoms with Crippen LogP contribution < -0.4 is 4.90 Å². The van der Waals surface area contributed by atoms with Crippen molar-refractivity contribution in [2.45, 2.75) is 31.8 Å². The Balaban J connectivity index is 1.62. The van der Waals surface area contributed by atoms with E-state index < -0.39 is 17.9 Å². The summed E-state index contributed by atoms with van der Waals surface area (Å²) in [6, 6.07) is 10.6. The maximum atomic E-state index is 13.6. The molecule has 5 rings (SSSR count). The number of nitrogens with zero attached hydrogens (tertiary/aromatic N) is 2. The summed E-state index contributed by atoms with van der Waals surface area (Å²) < 4.78 is 0. The first-order valence-electron chi connectivity index (χ1n) is 10.1. The van der Waals surface area contributed by atoms with Gasteiger partial charge in [0.15, 0.2) is 5.78 Å². The molecule has 1 aromatic carbocycles. The van der Waals surface area contributed by atoms with Crippen LogP contribution in [0.15, 0.2) is 47.9 Å². The minimum Gasteiger partial charge on any atom is -0.352 e. The van der Waals surface area contributed by atoms with Crippen molar-refractivity contribution in [3.63, 3.8) is 0 Å². The Morgan fingerprint density at radius 2 is 1.86 bits per heavy atom. The highest BCUT2D eigenvalue weighted by molar-refractivity contribution is 7.12. The van der Waals surface area contributed by atoms with Crippen molar-refractivity contribution in [2.24, 2.45) is 11.8 Å². The number of para-hydroxylation sites is 1. The van der Waals surface area contributed by atoms with E-state index >= 15 is 0 Å². The van der Waals surface area contributed by atoms with E-state index in [1.807, 2.05) is 59.7 Å². The molecule has 0 spiro atoms. The zero-order valence-electron chi connectivity index (χ0n) is 16.2. The molecule has 148 valence electrons. The molecule has 0 radical (unpaired) electrons. The number of imide groups is 1. The van der Waals surface area contributed by atoms with Crippen molar-refractivity contribution in [2.75, 3.05) is 11.4 Å². The SMILES string of the molecule is CCCCN1C(=O)[C@@H]2[C@@H](C1=O)[C@@H]1C=Cc3ccccc3N1[C@@H]2C(=O)c1cccs1. The maximum absolute atomic E-state index is 13.6. The van der Waals surface area contributed by atoms with Crippen molar-refractivity contribution >= 4 is 40.7 Å². The molecule has 2 amide bonds. The number of ketones is 1. The van der Waals surface area contributed by atoms with Gasteiger partial charge in [-0.3, -0.25) is 19.3 Å². The number of carbonyl (C=O) groups excluding carboxylic acids is 3. The van der Waals surface area contributed by atoms with Crippen LogP contribution in [0.5, 0.6) is 0 Å². The van der Waals surface area contributed by atoms with Crippen molar-refractivity contribution in [1.29, 1.82) is 0 Å². The van der Waals surface area contributed by atoms with Crippen molar-refractivity contribution in [3.05, 3.63) is 58.3 Å². The van der Waals surface area contributed by atoms with Crippen LogP contribution in [0.2, 0.25) is 0 Å². The molecule has 0 unspecified atom stereocenters. The Labute approximate surface area is 173 Å². The van der Waals surface area contributed by atoms with Gasteiger partial charge in [0.25, 0.3) is 0 Å². The lowest BCUT2D eigenvalue weighted by Gasteiger charge is -2.36. The van der Waals surface area contributed by atoms with E-state index in [4.69, 9.17) is 0 Å². The third kappa shape index (κ3) is 2.62. The molecule has 29 heavy (non-hydrogen) atoms. The molecule has 4 atom stereocenters. The Morgan fingerprint density at radius 1 is 1.07 bits per heavy atom. The molecule has 3 aliphatic heterocycles. The summed E-state index contributed by atoms with van der Waals surface area (Å²) in [4.78, 5) is 44.2. The Hall–Kier alpha value is -2.73. The van der Waals surface area contributed by atoms with Gasteiger partial charge in [-0.2, -0.15) is 0 Å². The second-order valence-corrected chi connectivity index (χ2v) is 8.78. The monoisotopic (exact) mass is 406 g/mol. The van der Waals surface area contributed by atoms with E-state index in [9.17, 15) is 14.4 Å². The minimum atomic E-state index is -0.655. The van der Waals surface area contributed by atoms with Crippen molar-refractivity contribution in [1.82, 2.24) is 4.90 Å². The number of Topliss-reactive ketones (excluding diaryl/α,β-unsaturated/α-hetero) is 1. The molecule has 0 N–H and O–H groups in total. The predicted octanol–water partition coefficient (Wildman–Crippen LogP) is 3.62. The van der Waals surface area contributed by atoms with Gasteiger partial charge in [-0.25, -0.2) is 0 Å². The molecule has 0 bridgehead atoms. The standard InChI is InChI=1S/C23H22N2O3S/c1-2-3-12-24-22(27)18-16-11-10-14-7-4-5-8-15(14)25(16)20(19(18)23(24)28)21(26)17-9-6-13-29-17/h4-11,13,16,18-20H,2-3,12H2,1H3/t16-,18-,19+,20-/m0/s1. The normalized spacial score (nSPS) is 27.2. The third-order valence-electron chi connectivity index (χ3n) is 6.27. The summed E-state index contributed by atoms with van der Waals surface area (Å²) in [7, 11) is 0. The summed E-state index contributed by atoms with van der Waals surface area (Å²) in [6.07, 6.45) is 5.70. The van der Waals surface area contributed by atoms with E-state index in [0.717, 1.165) is 24.1 Å². The van der Waals surface area contributed by atoms with Gasteiger partial charge in [-0.15, -0.1) is 11.3 Å². The van der Waals surface area contributed by atoms with Crippen LogP contribution in [-0.2, 0) is 9.59 Å². The number of carbonyl (C=O) groups is 3. The van der Waals surface area contributed by atoms with Gasteiger partial charge < -0.3 is 4.90 Å². The first-order chi connectivity index (χ1) is 14.1. The van der Waals surface area contributed by atoms with E-state index in [2.05, 4.69) is 0 Å². The average Bonchev–Trinajstić information content (AvgIpc) is 3.44. The molecule has 6 heteroatoms. The average molecular weight is 407 g/mol. The topological polar surface area (TPSA) is 57.7 Å². The lowest BCUT2D eigenvalue weighted by Crippen LogP contribution is -2.48. The zero-order valence-corrected chi connectivity index (χ0v) is 17.0. The number of unbranched alkanes of at least 4 members (excludes halogenated alkanes) is 1. The molecule has 0 aliphatic carbocycles.